The molecule has 0 atom stereocenters. The molecule has 2 N–H and O–H groups in total. The first-order chi connectivity index (χ1) is 9.49. The maximum atomic E-state index is 13.1. The van der Waals surface area contributed by atoms with Gasteiger partial charge in [0, 0.05) is 36.8 Å². The fraction of sp³-hybridized carbons (Fsp3) is 0.286. The number of aryl methyl sites for hydroxylation is 1. The second kappa shape index (κ2) is 5.92. The third kappa shape index (κ3) is 3.27. The quantitative estimate of drug-likeness (QED) is 0.891. The summed E-state index contributed by atoms with van der Waals surface area (Å²) in [7, 11) is 0. The number of rotatable bonds is 4. The summed E-state index contributed by atoms with van der Waals surface area (Å²) in [4.78, 5) is 18.6. The lowest BCUT2D eigenvalue weighted by molar-refractivity contribution is 0.298. The summed E-state index contributed by atoms with van der Waals surface area (Å²) in [5.74, 6) is -1.01. The highest BCUT2D eigenvalue weighted by atomic mass is 19.1. The number of benzene rings is 1. The number of nitrogens with zero attached hydrogens (tertiary/aromatic N) is 1. The van der Waals surface area contributed by atoms with E-state index in [9.17, 15) is 13.6 Å². The zero-order chi connectivity index (χ0) is 14.7. The Labute approximate surface area is 114 Å². The molecule has 0 amide bonds. The van der Waals surface area contributed by atoms with Crippen molar-refractivity contribution in [1.82, 2.24) is 9.97 Å². The molecule has 1 aromatic heterocycles. The average Bonchev–Trinajstić information content (AvgIpc) is 2.32. The van der Waals surface area contributed by atoms with Crippen LogP contribution in [0, 0.1) is 18.6 Å². The molecular formula is C14H14F2N2O2. The number of aliphatic hydroxyl groups excluding tert-OH is 1. The number of hydrogen-bond acceptors (Lipinski definition) is 3. The maximum Gasteiger partial charge on any atom is 0.254 e. The smallest absolute Gasteiger partial charge is 0.254 e. The fourth-order valence-electron chi connectivity index (χ4n) is 2.06. The van der Waals surface area contributed by atoms with Crippen molar-refractivity contribution in [1.29, 1.82) is 0 Å². The summed E-state index contributed by atoms with van der Waals surface area (Å²) in [6.45, 7) is 1.52. The second-order valence-corrected chi connectivity index (χ2v) is 4.50. The predicted molar refractivity (Wildman–Crippen MR) is 69.5 cm³/mol. The molecule has 0 saturated heterocycles. The van der Waals surface area contributed by atoms with Gasteiger partial charge in [0.15, 0.2) is 0 Å². The number of aliphatic hydroxyl groups is 1. The van der Waals surface area contributed by atoms with E-state index in [0.717, 1.165) is 6.07 Å². The first-order valence-corrected chi connectivity index (χ1v) is 6.14. The van der Waals surface area contributed by atoms with Crippen molar-refractivity contribution < 1.29 is 13.9 Å². The molecule has 0 unspecified atom stereocenters. The van der Waals surface area contributed by atoms with Crippen LogP contribution in [0.1, 0.15) is 22.6 Å². The molecule has 0 bridgehead atoms. The Morgan fingerprint density at radius 2 is 1.90 bits per heavy atom. The normalized spacial score (nSPS) is 10.8. The van der Waals surface area contributed by atoms with Crippen LogP contribution in [0.3, 0.4) is 0 Å². The van der Waals surface area contributed by atoms with Gasteiger partial charge in [-0.2, -0.15) is 0 Å². The molecule has 0 spiro atoms. The van der Waals surface area contributed by atoms with E-state index >= 15 is 0 Å². The lowest BCUT2D eigenvalue weighted by atomic mass is 10.1. The highest BCUT2D eigenvalue weighted by molar-refractivity contribution is 5.23. The molecule has 2 rings (SSSR count). The van der Waals surface area contributed by atoms with Crippen molar-refractivity contribution in [3.63, 3.8) is 0 Å². The van der Waals surface area contributed by atoms with E-state index in [1.807, 2.05) is 0 Å². The molecule has 0 fully saturated rings. The van der Waals surface area contributed by atoms with Crippen LogP contribution in [0.4, 0.5) is 8.78 Å². The van der Waals surface area contributed by atoms with Gasteiger partial charge in [0.2, 0.25) is 0 Å². The summed E-state index contributed by atoms with van der Waals surface area (Å²) in [6.07, 6.45) is 0.354. The van der Waals surface area contributed by atoms with Gasteiger partial charge in [0.05, 0.1) is 0 Å². The van der Waals surface area contributed by atoms with Crippen LogP contribution >= 0.6 is 0 Å². The van der Waals surface area contributed by atoms with Gasteiger partial charge in [-0.3, -0.25) is 4.79 Å². The molecule has 0 aliphatic rings. The summed E-state index contributed by atoms with van der Waals surface area (Å²) >= 11 is 0. The molecule has 4 nitrogen and oxygen atoms in total. The van der Waals surface area contributed by atoms with E-state index in [4.69, 9.17) is 5.11 Å². The Morgan fingerprint density at radius 3 is 2.45 bits per heavy atom. The Balaban J connectivity index is 2.32. The van der Waals surface area contributed by atoms with Crippen LogP contribution < -0.4 is 5.56 Å². The molecule has 0 aliphatic heterocycles. The molecule has 20 heavy (non-hydrogen) atoms. The van der Waals surface area contributed by atoms with Crippen LogP contribution in [-0.4, -0.2) is 21.7 Å². The van der Waals surface area contributed by atoms with Gasteiger partial charge in [0.25, 0.3) is 5.56 Å². The molecule has 6 heteroatoms. The minimum absolute atomic E-state index is 0.129. The predicted octanol–water partition coefficient (Wildman–Crippen LogP) is 1.48. The molecule has 1 heterocycles. The van der Waals surface area contributed by atoms with Gasteiger partial charge in [-0.1, -0.05) is 0 Å². The van der Waals surface area contributed by atoms with Crippen LogP contribution in [-0.2, 0) is 12.8 Å². The molecule has 2 aromatic rings. The van der Waals surface area contributed by atoms with E-state index in [2.05, 4.69) is 9.97 Å². The van der Waals surface area contributed by atoms with Gasteiger partial charge < -0.3 is 10.1 Å². The highest BCUT2D eigenvalue weighted by Crippen LogP contribution is 2.11. The summed E-state index contributed by atoms with van der Waals surface area (Å²) in [6, 6.07) is 3.18. The second-order valence-electron chi connectivity index (χ2n) is 4.50. The minimum atomic E-state index is -0.670. The molecule has 0 radical (unpaired) electrons. The lowest BCUT2D eigenvalue weighted by Crippen LogP contribution is -2.20. The van der Waals surface area contributed by atoms with E-state index in [-0.39, 0.29) is 25.0 Å². The number of nitrogens with one attached hydrogen (secondary N) is 1. The third-order valence-corrected chi connectivity index (χ3v) is 2.93. The summed E-state index contributed by atoms with van der Waals surface area (Å²) in [5.41, 5.74) is 0.981. The lowest BCUT2D eigenvalue weighted by Gasteiger charge is -2.06. The third-order valence-electron chi connectivity index (χ3n) is 2.93. The van der Waals surface area contributed by atoms with Crippen LogP contribution in [0.25, 0.3) is 0 Å². The standard InChI is InChI=1S/C14H14F2N2O2/c1-8-12(2-3-19)14(20)18-13(17-8)6-9-4-10(15)7-11(16)5-9/h4-5,7,19H,2-3,6H2,1H3,(H,17,18,20). The zero-order valence-electron chi connectivity index (χ0n) is 10.9. The monoisotopic (exact) mass is 280 g/mol. The topological polar surface area (TPSA) is 66.0 Å². The van der Waals surface area contributed by atoms with Crippen LogP contribution in [0.5, 0.6) is 0 Å². The number of H-pyrrole nitrogens is 1. The van der Waals surface area contributed by atoms with Gasteiger partial charge in [-0.05, 0) is 24.6 Å². The number of aromatic amines is 1. The van der Waals surface area contributed by atoms with Crippen molar-refractivity contribution in [2.45, 2.75) is 19.8 Å². The Kier molecular flexibility index (Phi) is 4.24. The number of aromatic nitrogens is 2. The van der Waals surface area contributed by atoms with Crippen molar-refractivity contribution >= 4 is 0 Å². The maximum absolute atomic E-state index is 13.1. The SMILES string of the molecule is Cc1nc(Cc2cc(F)cc(F)c2)[nH]c(=O)c1CCO. The van der Waals surface area contributed by atoms with Gasteiger partial charge in [-0.15, -0.1) is 0 Å². The number of halogens is 2. The largest absolute Gasteiger partial charge is 0.396 e. The van der Waals surface area contributed by atoms with Crippen LogP contribution in [0.2, 0.25) is 0 Å². The average molecular weight is 280 g/mol. The van der Waals surface area contributed by atoms with E-state index < -0.39 is 11.6 Å². The molecule has 106 valence electrons. The summed E-state index contributed by atoms with van der Waals surface area (Å²) < 4.78 is 26.2. The van der Waals surface area contributed by atoms with Crippen molar-refractivity contribution in [2.75, 3.05) is 6.61 Å². The molecule has 1 aromatic carbocycles. The zero-order valence-corrected chi connectivity index (χ0v) is 10.9. The van der Waals surface area contributed by atoms with E-state index in [1.54, 1.807) is 6.92 Å². The Hall–Kier alpha value is -2.08. The summed E-state index contributed by atoms with van der Waals surface area (Å²) in [5, 5.41) is 8.87. The van der Waals surface area contributed by atoms with Crippen LogP contribution in [0.15, 0.2) is 23.0 Å². The van der Waals surface area contributed by atoms with Gasteiger partial charge >= 0.3 is 0 Å². The van der Waals surface area contributed by atoms with E-state index in [0.29, 0.717) is 22.6 Å². The first kappa shape index (κ1) is 14.3. The van der Waals surface area contributed by atoms with Crippen molar-refractivity contribution in [3.8, 4) is 0 Å². The van der Waals surface area contributed by atoms with Crippen molar-refractivity contribution in [3.05, 3.63) is 62.8 Å². The first-order valence-electron chi connectivity index (χ1n) is 6.14. The fourth-order valence-corrected chi connectivity index (χ4v) is 2.06. The molecule has 0 aliphatic carbocycles. The van der Waals surface area contributed by atoms with Crippen molar-refractivity contribution in [2.24, 2.45) is 0 Å². The Bertz CT molecular complexity index is 663. The Morgan fingerprint density at radius 1 is 1.25 bits per heavy atom. The van der Waals surface area contributed by atoms with Gasteiger partial charge in [-0.25, -0.2) is 13.8 Å². The number of hydrogen-bond donors (Lipinski definition) is 2. The van der Waals surface area contributed by atoms with Gasteiger partial charge in [0.1, 0.15) is 17.5 Å². The highest BCUT2D eigenvalue weighted by Gasteiger charge is 2.09. The minimum Gasteiger partial charge on any atom is -0.396 e. The van der Waals surface area contributed by atoms with E-state index in [1.165, 1.54) is 12.1 Å². The molecular weight excluding hydrogens is 266 g/mol. The molecule has 0 saturated carbocycles.